The number of ether oxygens (including phenoxy) is 1. The number of alkyl carbamates (subject to hydrolysis) is 1. The minimum atomic E-state index is -2.57. The number of pyridine rings is 2. The van der Waals surface area contributed by atoms with Gasteiger partial charge in [-0.15, -0.1) is 0 Å². The fraction of sp³-hybridized carbons (Fsp3) is 0.263. The third-order valence-electron chi connectivity index (χ3n) is 4.33. The molecular weight excluding hydrogens is 382 g/mol. The van der Waals surface area contributed by atoms with Crippen molar-refractivity contribution in [2.45, 2.75) is 26.0 Å². The molecule has 0 spiro atoms. The van der Waals surface area contributed by atoms with Gasteiger partial charge in [0.25, 0.3) is 6.43 Å². The van der Waals surface area contributed by atoms with Crippen molar-refractivity contribution in [1.29, 1.82) is 0 Å². The standard InChI is InChI=1S/C19H18F2N6O2/c1-11-4-15(13-7-24-27(9-13)10-14-8-23-19(28)29-14)25-17(5-11)26-16-6-12(18(20)21)2-3-22-16/h2-7,9,14,18H,8,10H2,1H3,(H,23,28)(H,22,25,26)/t14-/m0/s1. The van der Waals surface area contributed by atoms with E-state index in [9.17, 15) is 13.6 Å². The van der Waals surface area contributed by atoms with Crippen molar-refractivity contribution in [3.05, 3.63) is 54.0 Å². The van der Waals surface area contributed by atoms with E-state index in [1.807, 2.05) is 19.2 Å². The van der Waals surface area contributed by atoms with Crippen molar-refractivity contribution in [2.24, 2.45) is 0 Å². The van der Waals surface area contributed by atoms with Gasteiger partial charge in [0.05, 0.1) is 25.0 Å². The zero-order chi connectivity index (χ0) is 20.4. The molecule has 0 saturated carbocycles. The Morgan fingerprint density at radius 3 is 2.97 bits per heavy atom. The number of alkyl halides is 2. The van der Waals surface area contributed by atoms with Crippen LogP contribution in [0.15, 0.2) is 42.9 Å². The molecule has 1 aliphatic heterocycles. The Morgan fingerprint density at radius 2 is 2.21 bits per heavy atom. The van der Waals surface area contributed by atoms with Crippen molar-refractivity contribution in [3.8, 4) is 11.3 Å². The number of carbonyl (C=O) groups is 1. The first-order chi connectivity index (χ1) is 14.0. The van der Waals surface area contributed by atoms with Crippen molar-refractivity contribution >= 4 is 17.7 Å². The van der Waals surface area contributed by atoms with Crippen molar-refractivity contribution < 1.29 is 18.3 Å². The molecule has 29 heavy (non-hydrogen) atoms. The minimum Gasteiger partial charge on any atom is -0.442 e. The number of cyclic esters (lactones) is 1. The summed E-state index contributed by atoms with van der Waals surface area (Å²) in [6.45, 7) is 2.78. The first kappa shape index (κ1) is 18.8. The molecule has 0 aromatic carbocycles. The first-order valence-corrected chi connectivity index (χ1v) is 8.93. The quantitative estimate of drug-likeness (QED) is 0.658. The lowest BCUT2D eigenvalue weighted by Crippen LogP contribution is -2.20. The molecule has 0 aliphatic carbocycles. The Bertz CT molecular complexity index is 1040. The lowest BCUT2D eigenvalue weighted by atomic mass is 10.1. The molecule has 10 heteroatoms. The molecule has 8 nitrogen and oxygen atoms in total. The molecule has 150 valence electrons. The maximum absolute atomic E-state index is 12.9. The normalized spacial score (nSPS) is 16.0. The van der Waals surface area contributed by atoms with Gasteiger partial charge in [-0.1, -0.05) is 0 Å². The Morgan fingerprint density at radius 1 is 1.34 bits per heavy atom. The number of anilines is 2. The number of carbonyl (C=O) groups excluding carboxylic acids is 1. The van der Waals surface area contributed by atoms with Gasteiger partial charge in [-0.2, -0.15) is 5.10 Å². The zero-order valence-corrected chi connectivity index (χ0v) is 15.5. The SMILES string of the molecule is Cc1cc(Nc2cc(C(F)F)ccn2)nc(-c2cnn(C[C@@H]3CNC(=O)O3)c2)c1. The van der Waals surface area contributed by atoms with Crippen LogP contribution in [0.25, 0.3) is 11.3 Å². The van der Waals surface area contributed by atoms with Gasteiger partial charge >= 0.3 is 6.09 Å². The molecule has 1 fully saturated rings. The smallest absolute Gasteiger partial charge is 0.407 e. The summed E-state index contributed by atoms with van der Waals surface area (Å²) in [7, 11) is 0. The first-order valence-electron chi connectivity index (χ1n) is 8.93. The maximum Gasteiger partial charge on any atom is 0.407 e. The molecule has 0 radical (unpaired) electrons. The third kappa shape index (κ3) is 4.48. The molecule has 2 N–H and O–H groups in total. The average molecular weight is 400 g/mol. The summed E-state index contributed by atoms with van der Waals surface area (Å²) in [6.07, 6.45) is 1.54. The molecule has 1 saturated heterocycles. The van der Waals surface area contributed by atoms with Crippen LogP contribution in [0.2, 0.25) is 0 Å². The van der Waals surface area contributed by atoms with Crippen LogP contribution in [-0.4, -0.2) is 38.5 Å². The lowest BCUT2D eigenvalue weighted by Gasteiger charge is -2.09. The molecule has 1 atom stereocenters. The van der Waals surface area contributed by atoms with Gasteiger partial charge < -0.3 is 15.4 Å². The lowest BCUT2D eigenvalue weighted by molar-refractivity contribution is 0.129. The van der Waals surface area contributed by atoms with E-state index < -0.39 is 12.5 Å². The number of halogens is 2. The summed E-state index contributed by atoms with van der Waals surface area (Å²) in [5.41, 5.74) is 2.27. The number of aromatic nitrogens is 4. The van der Waals surface area contributed by atoms with E-state index in [0.29, 0.717) is 24.6 Å². The number of hydrogen-bond donors (Lipinski definition) is 2. The van der Waals surface area contributed by atoms with Crippen LogP contribution < -0.4 is 10.6 Å². The van der Waals surface area contributed by atoms with Gasteiger partial charge in [0.15, 0.2) is 0 Å². The highest BCUT2D eigenvalue weighted by molar-refractivity contribution is 5.69. The van der Waals surface area contributed by atoms with Gasteiger partial charge in [-0.25, -0.2) is 23.5 Å². The van der Waals surface area contributed by atoms with Crippen LogP contribution in [0.4, 0.5) is 25.2 Å². The zero-order valence-electron chi connectivity index (χ0n) is 15.5. The fourth-order valence-electron chi connectivity index (χ4n) is 3.00. The molecule has 1 amide bonds. The third-order valence-corrected chi connectivity index (χ3v) is 4.33. The largest absolute Gasteiger partial charge is 0.442 e. The second-order valence-corrected chi connectivity index (χ2v) is 6.67. The van der Waals surface area contributed by atoms with Crippen LogP contribution in [0.5, 0.6) is 0 Å². The molecule has 0 bridgehead atoms. The van der Waals surface area contributed by atoms with Gasteiger partial charge in [0.1, 0.15) is 17.7 Å². The maximum atomic E-state index is 12.9. The minimum absolute atomic E-state index is 0.112. The Kier molecular flexibility index (Phi) is 5.07. The number of nitrogens with zero attached hydrogens (tertiary/aromatic N) is 4. The highest BCUT2D eigenvalue weighted by Crippen LogP contribution is 2.25. The Hall–Kier alpha value is -3.56. The molecule has 4 rings (SSSR count). The van der Waals surface area contributed by atoms with Crippen molar-refractivity contribution in [1.82, 2.24) is 25.1 Å². The summed E-state index contributed by atoms with van der Waals surface area (Å²) < 4.78 is 32.6. The number of hydrogen-bond acceptors (Lipinski definition) is 6. The van der Waals surface area contributed by atoms with E-state index in [1.165, 1.54) is 18.3 Å². The van der Waals surface area contributed by atoms with Crippen LogP contribution >= 0.6 is 0 Å². The van der Waals surface area contributed by atoms with Crippen LogP contribution in [0, 0.1) is 6.92 Å². The second-order valence-electron chi connectivity index (χ2n) is 6.67. The number of amides is 1. The highest BCUT2D eigenvalue weighted by atomic mass is 19.3. The van der Waals surface area contributed by atoms with Crippen molar-refractivity contribution in [3.63, 3.8) is 0 Å². The van der Waals surface area contributed by atoms with Gasteiger partial charge in [-0.3, -0.25) is 4.68 Å². The van der Waals surface area contributed by atoms with E-state index in [4.69, 9.17) is 4.74 Å². The monoisotopic (exact) mass is 400 g/mol. The highest BCUT2D eigenvalue weighted by Gasteiger charge is 2.23. The summed E-state index contributed by atoms with van der Waals surface area (Å²) in [6, 6.07) is 6.26. The second kappa shape index (κ2) is 7.82. The summed E-state index contributed by atoms with van der Waals surface area (Å²) >= 11 is 0. The van der Waals surface area contributed by atoms with Crippen LogP contribution in [0.1, 0.15) is 17.6 Å². The number of rotatable bonds is 6. The van der Waals surface area contributed by atoms with Crippen LogP contribution in [0.3, 0.4) is 0 Å². The number of aryl methyl sites for hydroxylation is 1. The average Bonchev–Trinajstić information content (AvgIpc) is 3.31. The topological polar surface area (TPSA) is 94.0 Å². The van der Waals surface area contributed by atoms with Crippen molar-refractivity contribution in [2.75, 3.05) is 11.9 Å². The van der Waals surface area contributed by atoms with E-state index in [-0.39, 0.29) is 17.5 Å². The van der Waals surface area contributed by atoms with E-state index in [0.717, 1.165) is 11.1 Å². The Balaban J connectivity index is 1.53. The fourth-order valence-corrected chi connectivity index (χ4v) is 3.00. The predicted octanol–water partition coefficient (Wildman–Crippen LogP) is 3.44. The van der Waals surface area contributed by atoms with Gasteiger partial charge in [0, 0.05) is 23.5 Å². The van der Waals surface area contributed by atoms with E-state index in [2.05, 4.69) is 25.7 Å². The summed E-state index contributed by atoms with van der Waals surface area (Å²) in [5, 5.41) is 9.87. The van der Waals surface area contributed by atoms with Gasteiger partial charge in [-0.05, 0) is 36.8 Å². The number of nitrogens with one attached hydrogen (secondary N) is 2. The summed E-state index contributed by atoms with van der Waals surface area (Å²) in [5.74, 6) is 0.777. The van der Waals surface area contributed by atoms with E-state index in [1.54, 1.807) is 16.9 Å². The molecule has 3 aromatic heterocycles. The van der Waals surface area contributed by atoms with Gasteiger partial charge in [0.2, 0.25) is 0 Å². The Labute approximate surface area is 164 Å². The molecular formula is C19H18F2N6O2. The van der Waals surface area contributed by atoms with Crippen LogP contribution in [-0.2, 0) is 11.3 Å². The molecule has 0 unspecified atom stereocenters. The summed E-state index contributed by atoms with van der Waals surface area (Å²) in [4.78, 5) is 19.7. The molecule has 4 heterocycles. The molecule has 1 aliphatic rings. The van der Waals surface area contributed by atoms with E-state index >= 15 is 0 Å². The predicted molar refractivity (Wildman–Crippen MR) is 101 cm³/mol. The molecule has 3 aromatic rings.